The SMILES string of the molecule is CO/C=C(\c1ccccc1CON=C(C)C)C1OCCO1. The Morgan fingerprint density at radius 3 is 2.67 bits per heavy atom. The second-order valence-corrected chi connectivity index (χ2v) is 4.85. The van der Waals surface area contributed by atoms with Crippen LogP contribution in [0.4, 0.5) is 0 Å². The third kappa shape index (κ3) is 4.31. The highest BCUT2D eigenvalue weighted by atomic mass is 16.7. The average Bonchev–Trinajstić information content (AvgIpc) is 2.99. The maximum Gasteiger partial charge on any atom is 0.187 e. The first-order valence-corrected chi connectivity index (χ1v) is 6.90. The third-order valence-corrected chi connectivity index (χ3v) is 2.92. The van der Waals surface area contributed by atoms with E-state index in [-0.39, 0.29) is 0 Å². The van der Waals surface area contributed by atoms with Crippen LogP contribution < -0.4 is 0 Å². The molecule has 2 rings (SSSR count). The molecule has 1 aliphatic heterocycles. The Morgan fingerprint density at radius 1 is 1.29 bits per heavy atom. The predicted octanol–water partition coefficient (Wildman–Crippen LogP) is 2.96. The molecule has 5 nitrogen and oxygen atoms in total. The second-order valence-electron chi connectivity index (χ2n) is 4.85. The minimum Gasteiger partial charge on any atom is -0.504 e. The van der Waals surface area contributed by atoms with Crippen LogP contribution in [0.3, 0.4) is 0 Å². The van der Waals surface area contributed by atoms with Crippen molar-refractivity contribution < 1.29 is 19.0 Å². The molecule has 0 atom stereocenters. The zero-order chi connectivity index (χ0) is 15.1. The molecule has 1 aliphatic rings. The molecule has 0 radical (unpaired) electrons. The summed E-state index contributed by atoms with van der Waals surface area (Å²) in [6, 6.07) is 7.92. The summed E-state index contributed by atoms with van der Waals surface area (Å²) in [5, 5.41) is 3.97. The van der Waals surface area contributed by atoms with Crippen LogP contribution in [0.1, 0.15) is 25.0 Å². The van der Waals surface area contributed by atoms with E-state index in [4.69, 9.17) is 19.0 Å². The Morgan fingerprint density at radius 2 is 2.00 bits per heavy atom. The summed E-state index contributed by atoms with van der Waals surface area (Å²) in [5.74, 6) is 0. The van der Waals surface area contributed by atoms with Crippen LogP contribution in [0, 0.1) is 0 Å². The van der Waals surface area contributed by atoms with Gasteiger partial charge in [-0.2, -0.15) is 0 Å². The monoisotopic (exact) mass is 291 g/mol. The van der Waals surface area contributed by atoms with E-state index in [1.54, 1.807) is 13.4 Å². The van der Waals surface area contributed by atoms with Gasteiger partial charge in [0.15, 0.2) is 6.29 Å². The molecule has 1 fully saturated rings. The van der Waals surface area contributed by atoms with Gasteiger partial charge >= 0.3 is 0 Å². The first-order chi connectivity index (χ1) is 10.2. The van der Waals surface area contributed by atoms with Crippen LogP contribution in [0.15, 0.2) is 35.7 Å². The third-order valence-electron chi connectivity index (χ3n) is 2.92. The molecular weight excluding hydrogens is 270 g/mol. The van der Waals surface area contributed by atoms with Crippen LogP contribution in [0.5, 0.6) is 0 Å². The molecule has 21 heavy (non-hydrogen) atoms. The highest BCUT2D eigenvalue weighted by Crippen LogP contribution is 2.27. The van der Waals surface area contributed by atoms with E-state index in [1.165, 1.54) is 0 Å². The Labute approximate surface area is 125 Å². The van der Waals surface area contributed by atoms with Crippen molar-refractivity contribution in [3.63, 3.8) is 0 Å². The van der Waals surface area contributed by atoms with Crippen molar-refractivity contribution in [1.82, 2.24) is 0 Å². The van der Waals surface area contributed by atoms with E-state index in [0.717, 1.165) is 22.4 Å². The van der Waals surface area contributed by atoms with Gasteiger partial charge < -0.3 is 19.0 Å². The van der Waals surface area contributed by atoms with Gasteiger partial charge in [-0.15, -0.1) is 0 Å². The minimum absolute atomic E-state index is 0.384. The number of hydrogen-bond acceptors (Lipinski definition) is 5. The number of rotatable bonds is 6. The van der Waals surface area contributed by atoms with Crippen molar-refractivity contribution >= 4 is 11.3 Å². The Hall–Kier alpha value is -1.85. The summed E-state index contributed by atoms with van der Waals surface area (Å²) in [6.07, 6.45) is 1.26. The van der Waals surface area contributed by atoms with Crippen molar-refractivity contribution in [2.45, 2.75) is 26.7 Å². The lowest BCUT2D eigenvalue weighted by molar-refractivity contribution is 0.00547. The molecule has 5 heteroatoms. The van der Waals surface area contributed by atoms with E-state index in [0.29, 0.717) is 19.8 Å². The van der Waals surface area contributed by atoms with Crippen LogP contribution in [0.2, 0.25) is 0 Å². The van der Waals surface area contributed by atoms with E-state index in [2.05, 4.69) is 5.16 Å². The number of oxime groups is 1. The highest BCUT2D eigenvalue weighted by molar-refractivity contribution is 5.78. The second kappa shape index (κ2) is 7.81. The fourth-order valence-corrected chi connectivity index (χ4v) is 2.07. The van der Waals surface area contributed by atoms with Gasteiger partial charge in [0.25, 0.3) is 0 Å². The summed E-state index contributed by atoms with van der Waals surface area (Å²) in [4.78, 5) is 5.35. The largest absolute Gasteiger partial charge is 0.504 e. The number of hydrogen-bond donors (Lipinski definition) is 0. The van der Waals surface area contributed by atoms with Gasteiger partial charge in [-0.3, -0.25) is 0 Å². The van der Waals surface area contributed by atoms with Crippen molar-refractivity contribution in [1.29, 1.82) is 0 Å². The molecule has 0 aliphatic carbocycles. The lowest BCUT2D eigenvalue weighted by Gasteiger charge is -2.16. The van der Waals surface area contributed by atoms with E-state index >= 15 is 0 Å². The maximum absolute atomic E-state index is 5.58. The minimum atomic E-state index is -0.400. The van der Waals surface area contributed by atoms with Crippen molar-refractivity contribution in [3.05, 3.63) is 41.7 Å². The van der Waals surface area contributed by atoms with Gasteiger partial charge in [0.1, 0.15) is 6.61 Å². The van der Waals surface area contributed by atoms with E-state index in [9.17, 15) is 0 Å². The fourth-order valence-electron chi connectivity index (χ4n) is 2.07. The number of ether oxygens (including phenoxy) is 3. The maximum atomic E-state index is 5.58. The molecule has 1 heterocycles. The van der Waals surface area contributed by atoms with Gasteiger partial charge in [0, 0.05) is 5.57 Å². The molecule has 114 valence electrons. The lowest BCUT2D eigenvalue weighted by atomic mass is 10.0. The molecule has 0 bridgehead atoms. The Bertz CT molecular complexity index is 515. The van der Waals surface area contributed by atoms with Crippen LogP contribution >= 0.6 is 0 Å². The summed E-state index contributed by atoms with van der Waals surface area (Å²) in [6.45, 7) is 5.34. The number of nitrogens with zero attached hydrogens (tertiary/aromatic N) is 1. The zero-order valence-electron chi connectivity index (χ0n) is 12.7. The standard InChI is InChI=1S/C16H21NO4/c1-12(2)17-21-10-13-6-4-5-7-14(13)15(11-18-3)16-19-8-9-20-16/h4-7,11,16H,8-10H2,1-3H3/b15-11+. The average molecular weight is 291 g/mol. The summed E-state index contributed by atoms with van der Waals surface area (Å²) >= 11 is 0. The molecule has 0 spiro atoms. The Balaban J connectivity index is 2.23. The molecule has 1 aromatic rings. The predicted molar refractivity (Wildman–Crippen MR) is 80.7 cm³/mol. The first kappa shape index (κ1) is 15.5. The molecule has 0 N–H and O–H groups in total. The van der Waals surface area contributed by atoms with Crippen molar-refractivity contribution in [2.75, 3.05) is 20.3 Å². The van der Waals surface area contributed by atoms with Gasteiger partial charge in [-0.05, 0) is 25.0 Å². The molecule has 1 aromatic carbocycles. The van der Waals surface area contributed by atoms with Crippen LogP contribution in [-0.4, -0.2) is 32.3 Å². The van der Waals surface area contributed by atoms with E-state index in [1.807, 2.05) is 38.1 Å². The molecular formula is C16H21NO4. The summed E-state index contributed by atoms with van der Waals surface area (Å²) in [7, 11) is 1.61. The molecule has 0 unspecified atom stereocenters. The fraction of sp³-hybridized carbons (Fsp3) is 0.438. The normalized spacial score (nSPS) is 15.9. The number of methoxy groups -OCH3 is 1. The molecule has 0 saturated carbocycles. The molecule has 1 saturated heterocycles. The summed E-state index contributed by atoms with van der Waals surface area (Å²) < 4.78 is 16.3. The van der Waals surface area contributed by atoms with Gasteiger partial charge in [0.05, 0.1) is 32.3 Å². The van der Waals surface area contributed by atoms with Gasteiger partial charge in [-0.25, -0.2) is 0 Å². The van der Waals surface area contributed by atoms with Crippen molar-refractivity contribution in [2.24, 2.45) is 5.16 Å². The van der Waals surface area contributed by atoms with E-state index < -0.39 is 6.29 Å². The quantitative estimate of drug-likeness (QED) is 0.459. The molecule has 0 amide bonds. The topological polar surface area (TPSA) is 49.3 Å². The van der Waals surface area contributed by atoms with Crippen LogP contribution in [-0.2, 0) is 25.7 Å². The zero-order valence-corrected chi connectivity index (χ0v) is 12.7. The van der Waals surface area contributed by atoms with Crippen molar-refractivity contribution in [3.8, 4) is 0 Å². The first-order valence-electron chi connectivity index (χ1n) is 6.90. The summed E-state index contributed by atoms with van der Waals surface area (Å²) in [5.41, 5.74) is 3.72. The van der Waals surface area contributed by atoms with Gasteiger partial charge in [0.2, 0.25) is 0 Å². The van der Waals surface area contributed by atoms with Crippen LogP contribution in [0.25, 0.3) is 5.57 Å². The lowest BCUT2D eigenvalue weighted by Crippen LogP contribution is -2.12. The Kier molecular flexibility index (Phi) is 5.78. The number of benzene rings is 1. The molecule has 0 aromatic heterocycles. The van der Waals surface area contributed by atoms with Gasteiger partial charge in [-0.1, -0.05) is 29.4 Å². The smallest absolute Gasteiger partial charge is 0.187 e. The highest BCUT2D eigenvalue weighted by Gasteiger charge is 2.24.